The van der Waals surface area contributed by atoms with E-state index < -0.39 is 6.03 Å². The summed E-state index contributed by atoms with van der Waals surface area (Å²) in [5.41, 5.74) is 0. The van der Waals surface area contributed by atoms with E-state index in [1.54, 1.807) is 14.2 Å². The van der Waals surface area contributed by atoms with Crippen molar-refractivity contribution in [3.05, 3.63) is 0 Å². The molecule has 130 valence electrons. The van der Waals surface area contributed by atoms with Crippen LogP contribution in [0.1, 0.15) is 12.8 Å². The van der Waals surface area contributed by atoms with Crippen molar-refractivity contribution < 1.29 is 19.1 Å². The van der Waals surface area contributed by atoms with E-state index in [-0.39, 0.29) is 24.9 Å². The Bertz CT molecular complexity index is 449. The zero-order valence-corrected chi connectivity index (χ0v) is 13.9. The monoisotopic (exact) mass is 326 g/mol. The summed E-state index contributed by atoms with van der Waals surface area (Å²) in [6, 6.07) is -0.406. The molecular formula is C15H26N4O4. The summed E-state index contributed by atoms with van der Waals surface area (Å²) in [6.45, 7) is 4.18. The van der Waals surface area contributed by atoms with Crippen LogP contribution in [0.5, 0.6) is 0 Å². The highest BCUT2D eigenvalue weighted by Gasteiger charge is 2.34. The highest BCUT2D eigenvalue weighted by Crippen LogP contribution is 2.16. The second-order valence-electron chi connectivity index (χ2n) is 6.20. The topological polar surface area (TPSA) is 82.2 Å². The molecule has 0 radical (unpaired) electrons. The standard InChI is InChI=1S/C15H26N4O4/c1-17-11-14(21)19(15(17)22)10-13(20)16-9-12-3-5-18(6-4-12)7-8-23-2/h12H,3-11H2,1-2H3,(H,16,20). The zero-order chi connectivity index (χ0) is 16.8. The van der Waals surface area contributed by atoms with Gasteiger partial charge in [0.2, 0.25) is 5.91 Å². The number of amides is 4. The molecule has 23 heavy (non-hydrogen) atoms. The van der Waals surface area contributed by atoms with Crippen molar-refractivity contribution in [1.29, 1.82) is 0 Å². The van der Waals surface area contributed by atoms with Crippen LogP contribution in [0.15, 0.2) is 0 Å². The summed E-state index contributed by atoms with van der Waals surface area (Å²) in [5, 5.41) is 2.85. The van der Waals surface area contributed by atoms with E-state index in [9.17, 15) is 14.4 Å². The van der Waals surface area contributed by atoms with Gasteiger partial charge in [-0.3, -0.25) is 14.5 Å². The van der Waals surface area contributed by atoms with Crippen molar-refractivity contribution in [2.75, 3.05) is 60.0 Å². The summed E-state index contributed by atoms with van der Waals surface area (Å²) in [6.07, 6.45) is 2.07. The van der Waals surface area contributed by atoms with Crippen LogP contribution in [0.25, 0.3) is 0 Å². The molecule has 8 heteroatoms. The van der Waals surface area contributed by atoms with Gasteiger partial charge < -0.3 is 19.9 Å². The van der Waals surface area contributed by atoms with Gasteiger partial charge >= 0.3 is 6.03 Å². The Morgan fingerprint density at radius 3 is 2.57 bits per heavy atom. The molecule has 4 amide bonds. The Morgan fingerprint density at radius 2 is 2.00 bits per heavy atom. The Labute approximate surface area is 136 Å². The number of nitrogens with one attached hydrogen (secondary N) is 1. The molecule has 0 atom stereocenters. The van der Waals surface area contributed by atoms with Crippen LogP contribution < -0.4 is 5.32 Å². The number of likely N-dealkylation sites (tertiary alicyclic amines) is 1. The fourth-order valence-electron chi connectivity index (χ4n) is 2.92. The lowest BCUT2D eigenvalue weighted by molar-refractivity contribution is -0.130. The molecule has 0 saturated carbocycles. The Kier molecular flexibility index (Phi) is 6.35. The highest BCUT2D eigenvalue weighted by atomic mass is 16.5. The van der Waals surface area contributed by atoms with Gasteiger partial charge in [0.25, 0.3) is 5.91 Å². The fraction of sp³-hybridized carbons (Fsp3) is 0.800. The fourth-order valence-corrected chi connectivity index (χ4v) is 2.92. The molecule has 8 nitrogen and oxygen atoms in total. The minimum atomic E-state index is -0.406. The minimum Gasteiger partial charge on any atom is -0.383 e. The molecule has 0 aromatic heterocycles. The molecule has 2 heterocycles. The van der Waals surface area contributed by atoms with Crippen molar-refractivity contribution in [2.45, 2.75) is 12.8 Å². The number of methoxy groups -OCH3 is 1. The molecule has 2 aliphatic heterocycles. The highest BCUT2D eigenvalue weighted by molar-refractivity contribution is 6.04. The first-order chi connectivity index (χ1) is 11.0. The lowest BCUT2D eigenvalue weighted by atomic mass is 9.97. The van der Waals surface area contributed by atoms with Crippen LogP contribution in [-0.4, -0.2) is 92.6 Å². The SMILES string of the molecule is COCCN1CCC(CNC(=O)CN2C(=O)CN(C)C2=O)CC1. The predicted octanol–water partition coefficient (Wildman–Crippen LogP) is -0.645. The normalized spacial score (nSPS) is 20.4. The molecule has 2 aliphatic rings. The average molecular weight is 326 g/mol. The molecule has 0 aromatic rings. The van der Waals surface area contributed by atoms with Crippen LogP contribution in [0.4, 0.5) is 4.79 Å². The molecule has 0 aromatic carbocycles. The summed E-state index contributed by atoms with van der Waals surface area (Å²) < 4.78 is 5.08. The van der Waals surface area contributed by atoms with Crippen LogP contribution in [0.3, 0.4) is 0 Å². The number of hydrogen-bond acceptors (Lipinski definition) is 5. The molecular weight excluding hydrogens is 300 g/mol. The van der Waals surface area contributed by atoms with E-state index in [0.717, 1.165) is 44.0 Å². The Morgan fingerprint density at radius 1 is 1.30 bits per heavy atom. The third-order valence-electron chi connectivity index (χ3n) is 4.44. The number of urea groups is 1. The minimum absolute atomic E-state index is 0.0477. The van der Waals surface area contributed by atoms with E-state index in [0.29, 0.717) is 12.5 Å². The zero-order valence-electron chi connectivity index (χ0n) is 13.9. The van der Waals surface area contributed by atoms with Gasteiger partial charge in [0.15, 0.2) is 0 Å². The third-order valence-corrected chi connectivity index (χ3v) is 4.44. The first-order valence-corrected chi connectivity index (χ1v) is 8.04. The molecule has 0 aliphatic carbocycles. The van der Waals surface area contributed by atoms with Gasteiger partial charge in [-0.1, -0.05) is 0 Å². The first kappa shape index (κ1) is 17.7. The van der Waals surface area contributed by atoms with Gasteiger partial charge in [-0.15, -0.1) is 0 Å². The van der Waals surface area contributed by atoms with E-state index in [1.165, 1.54) is 4.90 Å². The van der Waals surface area contributed by atoms with Crippen molar-refractivity contribution in [3.63, 3.8) is 0 Å². The summed E-state index contributed by atoms with van der Waals surface area (Å²) in [5.74, 6) is -0.145. The lowest BCUT2D eigenvalue weighted by Gasteiger charge is -2.31. The van der Waals surface area contributed by atoms with E-state index in [2.05, 4.69) is 10.2 Å². The van der Waals surface area contributed by atoms with Gasteiger partial charge in [-0.25, -0.2) is 4.79 Å². The van der Waals surface area contributed by atoms with Crippen LogP contribution in [-0.2, 0) is 14.3 Å². The van der Waals surface area contributed by atoms with Crippen molar-refractivity contribution in [1.82, 2.24) is 20.0 Å². The second kappa shape index (κ2) is 8.26. The van der Waals surface area contributed by atoms with Crippen LogP contribution >= 0.6 is 0 Å². The number of likely N-dealkylation sites (N-methyl/N-ethyl adjacent to an activating group) is 1. The molecule has 2 saturated heterocycles. The Balaban J connectivity index is 1.66. The van der Waals surface area contributed by atoms with E-state index in [4.69, 9.17) is 4.74 Å². The number of hydrogen-bond donors (Lipinski definition) is 1. The molecule has 0 unspecified atom stereocenters. The molecule has 1 N–H and O–H groups in total. The maximum atomic E-state index is 11.9. The largest absolute Gasteiger partial charge is 0.383 e. The number of rotatable bonds is 7. The van der Waals surface area contributed by atoms with Gasteiger partial charge in [0, 0.05) is 27.2 Å². The van der Waals surface area contributed by atoms with E-state index in [1.807, 2.05) is 0 Å². The molecule has 0 spiro atoms. The van der Waals surface area contributed by atoms with Crippen LogP contribution in [0, 0.1) is 5.92 Å². The second-order valence-corrected chi connectivity index (χ2v) is 6.20. The number of carbonyl (C=O) groups excluding carboxylic acids is 3. The number of ether oxygens (including phenoxy) is 1. The summed E-state index contributed by atoms with van der Waals surface area (Å²) >= 11 is 0. The number of piperidine rings is 1. The predicted molar refractivity (Wildman–Crippen MR) is 83.8 cm³/mol. The van der Waals surface area contributed by atoms with Gasteiger partial charge in [-0.05, 0) is 31.8 Å². The van der Waals surface area contributed by atoms with Crippen molar-refractivity contribution in [2.24, 2.45) is 5.92 Å². The number of carbonyl (C=O) groups is 3. The summed E-state index contributed by atoms with van der Waals surface area (Å²) in [4.78, 5) is 40.0. The Hall–Kier alpha value is -1.67. The third kappa shape index (κ3) is 4.90. The van der Waals surface area contributed by atoms with Crippen LogP contribution in [0.2, 0.25) is 0 Å². The van der Waals surface area contributed by atoms with Gasteiger partial charge in [-0.2, -0.15) is 0 Å². The number of imide groups is 1. The van der Waals surface area contributed by atoms with Gasteiger partial charge in [0.05, 0.1) is 6.61 Å². The first-order valence-electron chi connectivity index (χ1n) is 8.04. The molecule has 0 bridgehead atoms. The van der Waals surface area contributed by atoms with Crippen molar-refractivity contribution >= 4 is 17.8 Å². The van der Waals surface area contributed by atoms with Gasteiger partial charge in [0.1, 0.15) is 13.1 Å². The maximum Gasteiger partial charge on any atom is 0.327 e. The molecule has 2 fully saturated rings. The van der Waals surface area contributed by atoms with E-state index >= 15 is 0 Å². The summed E-state index contributed by atoms with van der Waals surface area (Å²) in [7, 11) is 3.26. The quantitative estimate of drug-likeness (QED) is 0.629. The van der Waals surface area contributed by atoms with Crippen molar-refractivity contribution in [3.8, 4) is 0 Å². The average Bonchev–Trinajstić information content (AvgIpc) is 2.78. The number of nitrogens with zero attached hydrogens (tertiary/aromatic N) is 3. The lowest BCUT2D eigenvalue weighted by Crippen LogP contribution is -2.44. The maximum absolute atomic E-state index is 11.9. The molecule has 2 rings (SSSR count). The smallest absolute Gasteiger partial charge is 0.327 e.